The lowest BCUT2D eigenvalue weighted by atomic mass is 10.1. The maximum absolute atomic E-state index is 3.78. The molecule has 0 saturated heterocycles. The van der Waals surface area contributed by atoms with Gasteiger partial charge in [0.15, 0.2) is 0 Å². The van der Waals surface area contributed by atoms with Crippen molar-refractivity contribution in [3.05, 3.63) is 19.1 Å². The van der Waals surface area contributed by atoms with Crippen LogP contribution < -0.4 is 0 Å². The van der Waals surface area contributed by atoms with Crippen LogP contribution in [0.2, 0.25) is 0 Å². The molecule has 0 aromatic carbocycles. The highest BCUT2D eigenvalue weighted by atomic mass is 13.9. The van der Waals surface area contributed by atoms with E-state index in [4.69, 9.17) is 0 Å². The molecular formula is C10H19. The predicted molar refractivity (Wildman–Crippen MR) is 47.8 cm³/mol. The van der Waals surface area contributed by atoms with Crippen molar-refractivity contribution in [2.75, 3.05) is 0 Å². The third-order valence-corrected chi connectivity index (χ3v) is 1.39. The van der Waals surface area contributed by atoms with E-state index in [9.17, 15) is 0 Å². The van der Waals surface area contributed by atoms with Crippen molar-refractivity contribution in [3.63, 3.8) is 0 Å². The Morgan fingerprint density at radius 1 is 1.30 bits per heavy atom. The fraction of sp³-hybridized carbons (Fsp3) is 0.700. The van der Waals surface area contributed by atoms with Gasteiger partial charge in [-0.3, -0.25) is 0 Å². The summed E-state index contributed by atoms with van der Waals surface area (Å²) in [6.45, 7) is 8.27. The average molecular weight is 139 g/mol. The molecule has 59 valence electrons. The molecule has 0 saturated carbocycles. The van der Waals surface area contributed by atoms with Crippen molar-refractivity contribution in [3.8, 4) is 0 Å². The smallest absolute Gasteiger partial charge is 0.0327 e. The average Bonchev–Trinajstić information content (AvgIpc) is 1.87. The first kappa shape index (κ1) is 9.74. The van der Waals surface area contributed by atoms with Crippen LogP contribution in [0.5, 0.6) is 0 Å². The van der Waals surface area contributed by atoms with Gasteiger partial charge in [-0.15, -0.1) is 0 Å². The fourth-order valence-corrected chi connectivity index (χ4v) is 0.748. The van der Waals surface area contributed by atoms with E-state index in [0.29, 0.717) is 0 Å². The summed E-state index contributed by atoms with van der Waals surface area (Å²) < 4.78 is 0. The van der Waals surface area contributed by atoms with Gasteiger partial charge in [-0.1, -0.05) is 39.3 Å². The molecule has 10 heavy (non-hydrogen) atoms. The Labute approximate surface area is 65.3 Å². The van der Waals surface area contributed by atoms with E-state index in [1.54, 1.807) is 0 Å². The highest BCUT2D eigenvalue weighted by Crippen LogP contribution is 2.02. The molecule has 0 aliphatic rings. The molecule has 0 fully saturated rings. The lowest BCUT2D eigenvalue weighted by molar-refractivity contribution is 0.661. The van der Waals surface area contributed by atoms with Gasteiger partial charge in [0, 0.05) is 0 Å². The van der Waals surface area contributed by atoms with Gasteiger partial charge in [0.2, 0.25) is 0 Å². The first-order valence-electron chi connectivity index (χ1n) is 4.21. The topological polar surface area (TPSA) is 0 Å². The zero-order valence-corrected chi connectivity index (χ0v) is 7.27. The normalized spacial score (nSPS) is 11.6. The molecule has 0 amide bonds. The number of allylic oxidation sites excluding steroid dienone is 2. The molecule has 0 unspecified atom stereocenters. The third kappa shape index (κ3) is 7.74. The Bertz CT molecular complexity index is 80.0. The first-order valence-corrected chi connectivity index (χ1v) is 4.21. The van der Waals surface area contributed by atoms with Crippen molar-refractivity contribution in [1.29, 1.82) is 0 Å². The van der Waals surface area contributed by atoms with Crippen molar-refractivity contribution < 1.29 is 0 Å². The van der Waals surface area contributed by atoms with Gasteiger partial charge in [0.1, 0.15) is 0 Å². The highest BCUT2D eigenvalue weighted by Gasteiger charge is 1.86. The summed E-state index contributed by atoms with van der Waals surface area (Å²) >= 11 is 0. The van der Waals surface area contributed by atoms with Crippen LogP contribution in [-0.2, 0) is 0 Å². The lowest BCUT2D eigenvalue weighted by Gasteiger charge is -1.95. The molecule has 0 rings (SSSR count). The summed E-state index contributed by atoms with van der Waals surface area (Å²) in [5.41, 5.74) is 0. The molecule has 0 aliphatic heterocycles. The third-order valence-electron chi connectivity index (χ3n) is 1.39. The minimum atomic E-state index is 0.802. The maximum atomic E-state index is 3.78. The van der Waals surface area contributed by atoms with Crippen LogP contribution in [0, 0.1) is 12.8 Å². The quantitative estimate of drug-likeness (QED) is 0.403. The summed E-state index contributed by atoms with van der Waals surface area (Å²) in [4.78, 5) is 0. The molecule has 0 bridgehead atoms. The molecule has 1 radical (unpaired) electrons. The number of rotatable bonds is 5. The van der Waals surface area contributed by atoms with Gasteiger partial charge in [0.25, 0.3) is 0 Å². The first-order chi connectivity index (χ1) is 4.77. The molecule has 0 nitrogen and oxygen atoms in total. The van der Waals surface area contributed by atoms with E-state index in [1.807, 2.05) is 0 Å². The Kier molecular flexibility index (Phi) is 6.68. The number of hydrogen-bond acceptors (Lipinski definition) is 0. The summed E-state index contributed by atoms with van der Waals surface area (Å²) in [6.07, 6.45) is 9.26. The van der Waals surface area contributed by atoms with Crippen LogP contribution in [-0.4, -0.2) is 0 Å². The van der Waals surface area contributed by atoms with Crippen molar-refractivity contribution in [2.45, 2.75) is 39.5 Å². The highest BCUT2D eigenvalue weighted by molar-refractivity contribution is 4.82. The minimum absolute atomic E-state index is 0.802. The largest absolute Gasteiger partial charge is 0.0885 e. The molecule has 0 heterocycles. The van der Waals surface area contributed by atoms with Gasteiger partial charge in [0.05, 0.1) is 0 Å². The molecule has 0 aliphatic carbocycles. The van der Waals surface area contributed by atoms with Crippen molar-refractivity contribution >= 4 is 0 Å². The fourth-order valence-electron chi connectivity index (χ4n) is 0.748. The van der Waals surface area contributed by atoms with E-state index >= 15 is 0 Å². The van der Waals surface area contributed by atoms with Crippen LogP contribution in [0.3, 0.4) is 0 Å². The van der Waals surface area contributed by atoms with Crippen molar-refractivity contribution in [1.82, 2.24) is 0 Å². The summed E-state index contributed by atoms with van der Waals surface area (Å²) in [5.74, 6) is 0.802. The summed E-state index contributed by atoms with van der Waals surface area (Å²) in [7, 11) is 0. The van der Waals surface area contributed by atoms with Crippen LogP contribution >= 0.6 is 0 Å². The molecular weight excluding hydrogens is 120 g/mol. The summed E-state index contributed by atoms with van der Waals surface area (Å²) in [6, 6.07) is 0. The van der Waals surface area contributed by atoms with Gasteiger partial charge in [-0.2, -0.15) is 0 Å². The molecule has 0 heteroatoms. The Morgan fingerprint density at radius 3 is 2.50 bits per heavy atom. The zero-order chi connectivity index (χ0) is 7.82. The lowest BCUT2D eigenvalue weighted by Crippen LogP contribution is -1.80. The molecule has 0 spiro atoms. The minimum Gasteiger partial charge on any atom is -0.0885 e. The van der Waals surface area contributed by atoms with Gasteiger partial charge >= 0.3 is 0 Å². The van der Waals surface area contributed by atoms with Crippen LogP contribution in [0.1, 0.15) is 39.5 Å². The van der Waals surface area contributed by atoms with Gasteiger partial charge in [-0.05, 0) is 25.2 Å². The SMILES string of the molecule is [CH2]CCC/C=C/CC(C)C. The van der Waals surface area contributed by atoms with E-state index in [1.165, 1.54) is 19.3 Å². The molecule has 0 aromatic rings. The van der Waals surface area contributed by atoms with Crippen LogP contribution in [0.25, 0.3) is 0 Å². The maximum Gasteiger partial charge on any atom is -0.0327 e. The molecule has 0 atom stereocenters. The van der Waals surface area contributed by atoms with Gasteiger partial charge < -0.3 is 0 Å². The Morgan fingerprint density at radius 2 is 2.00 bits per heavy atom. The summed E-state index contributed by atoms with van der Waals surface area (Å²) in [5, 5.41) is 0. The van der Waals surface area contributed by atoms with Crippen LogP contribution in [0.15, 0.2) is 12.2 Å². The second-order valence-corrected chi connectivity index (χ2v) is 3.10. The van der Waals surface area contributed by atoms with E-state index in [0.717, 1.165) is 12.3 Å². The van der Waals surface area contributed by atoms with Crippen molar-refractivity contribution in [2.24, 2.45) is 5.92 Å². The van der Waals surface area contributed by atoms with Crippen LogP contribution in [0.4, 0.5) is 0 Å². The Balaban J connectivity index is 3.04. The molecule has 0 aromatic heterocycles. The number of hydrogen-bond donors (Lipinski definition) is 0. The monoisotopic (exact) mass is 139 g/mol. The second-order valence-electron chi connectivity index (χ2n) is 3.10. The standard InChI is InChI=1S/C10H19/c1-4-5-6-7-8-9-10(2)3/h7-8,10H,1,4-6,9H2,2-3H3/b8-7+. The molecule has 0 N–H and O–H groups in total. The van der Waals surface area contributed by atoms with E-state index in [2.05, 4.69) is 32.9 Å². The van der Waals surface area contributed by atoms with E-state index in [-0.39, 0.29) is 0 Å². The number of unbranched alkanes of at least 4 members (excludes halogenated alkanes) is 2. The zero-order valence-electron chi connectivity index (χ0n) is 7.27. The Hall–Kier alpha value is -0.260. The van der Waals surface area contributed by atoms with Gasteiger partial charge in [-0.25, -0.2) is 0 Å². The predicted octanol–water partition coefficient (Wildman–Crippen LogP) is 3.59. The second kappa shape index (κ2) is 6.85. The van der Waals surface area contributed by atoms with E-state index < -0.39 is 0 Å².